The lowest BCUT2D eigenvalue weighted by molar-refractivity contribution is 0.197. The predicted octanol–water partition coefficient (Wildman–Crippen LogP) is 3.04. The summed E-state index contributed by atoms with van der Waals surface area (Å²) in [5.74, 6) is 0. The van der Waals surface area contributed by atoms with E-state index in [-0.39, 0.29) is 6.04 Å². The molecule has 0 amide bonds. The van der Waals surface area contributed by atoms with Crippen molar-refractivity contribution in [3.63, 3.8) is 0 Å². The highest BCUT2D eigenvalue weighted by Gasteiger charge is 2.20. The van der Waals surface area contributed by atoms with Crippen LogP contribution < -0.4 is 5.32 Å². The molecule has 1 N–H and O–H groups in total. The van der Waals surface area contributed by atoms with E-state index in [2.05, 4.69) is 31.1 Å². The number of rotatable bonds is 7. The van der Waals surface area contributed by atoms with Crippen LogP contribution in [0.3, 0.4) is 0 Å². The first-order valence-electron chi connectivity index (χ1n) is 7.26. The zero-order valence-electron chi connectivity index (χ0n) is 13.1. The summed E-state index contributed by atoms with van der Waals surface area (Å²) in [5.41, 5.74) is 3.60. The number of ether oxygens (including phenoxy) is 1. The second kappa shape index (κ2) is 7.64. The number of methoxy groups -OCH3 is 1. The summed E-state index contributed by atoms with van der Waals surface area (Å²) in [7, 11) is 1.72. The van der Waals surface area contributed by atoms with Gasteiger partial charge in [0.25, 0.3) is 0 Å². The third kappa shape index (κ3) is 3.87. The number of aromatic nitrogens is 2. The first-order chi connectivity index (χ1) is 10.2. The highest BCUT2D eigenvalue weighted by molar-refractivity contribution is 7.11. The number of aryl methyl sites for hydroxylation is 3. The molecule has 0 aromatic carbocycles. The van der Waals surface area contributed by atoms with Gasteiger partial charge < -0.3 is 10.1 Å². The Morgan fingerprint density at radius 3 is 2.81 bits per heavy atom. The standard InChI is InChI=1S/C16H23N3OS/c1-5-14-12(3)21-16(19-14)15(18-8-9-20-4)13-10-17-7-6-11(13)2/h6-7,10,15,18H,5,8-9H2,1-4H3. The van der Waals surface area contributed by atoms with Crippen LogP contribution >= 0.6 is 11.3 Å². The molecule has 0 saturated heterocycles. The summed E-state index contributed by atoms with van der Waals surface area (Å²) >= 11 is 1.77. The molecule has 21 heavy (non-hydrogen) atoms. The van der Waals surface area contributed by atoms with Gasteiger partial charge in [0.05, 0.1) is 18.3 Å². The van der Waals surface area contributed by atoms with Crippen LogP contribution in [0.1, 0.15) is 39.7 Å². The molecule has 1 unspecified atom stereocenters. The minimum Gasteiger partial charge on any atom is -0.383 e. The fraction of sp³-hybridized carbons (Fsp3) is 0.500. The van der Waals surface area contributed by atoms with E-state index in [9.17, 15) is 0 Å². The average molecular weight is 305 g/mol. The van der Waals surface area contributed by atoms with Gasteiger partial charge in [-0.2, -0.15) is 0 Å². The number of hydrogen-bond acceptors (Lipinski definition) is 5. The Hall–Kier alpha value is -1.30. The van der Waals surface area contributed by atoms with E-state index in [0.717, 1.165) is 18.0 Å². The van der Waals surface area contributed by atoms with Crippen LogP contribution in [0.5, 0.6) is 0 Å². The van der Waals surface area contributed by atoms with Crippen LogP contribution in [0.2, 0.25) is 0 Å². The lowest BCUT2D eigenvalue weighted by Gasteiger charge is -2.18. The number of thiazole rings is 1. The van der Waals surface area contributed by atoms with Crippen LogP contribution in [-0.2, 0) is 11.2 Å². The zero-order valence-corrected chi connectivity index (χ0v) is 14.0. The van der Waals surface area contributed by atoms with Crippen molar-refractivity contribution in [2.24, 2.45) is 0 Å². The van der Waals surface area contributed by atoms with Gasteiger partial charge in [0.15, 0.2) is 0 Å². The Labute approximate surface area is 130 Å². The van der Waals surface area contributed by atoms with E-state index in [1.165, 1.54) is 21.7 Å². The van der Waals surface area contributed by atoms with E-state index in [1.807, 2.05) is 18.5 Å². The smallest absolute Gasteiger partial charge is 0.115 e. The maximum atomic E-state index is 5.15. The molecule has 0 spiro atoms. The molecule has 0 fully saturated rings. The molecule has 0 aliphatic heterocycles. The molecular formula is C16H23N3OS. The second-order valence-corrected chi connectivity index (χ2v) is 6.26. The minimum absolute atomic E-state index is 0.0813. The number of pyridine rings is 1. The van der Waals surface area contributed by atoms with Crippen LogP contribution in [0.25, 0.3) is 0 Å². The third-order valence-electron chi connectivity index (χ3n) is 3.54. The summed E-state index contributed by atoms with van der Waals surface area (Å²) in [5, 5.41) is 4.65. The van der Waals surface area contributed by atoms with Crippen molar-refractivity contribution in [2.75, 3.05) is 20.3 Å². The molecule has 0 bridgehead atoms. The lowest BCUT2D eigenvalue weighted by Crippen LogP contribution is -2.26. The highest BCUT2D eigenvalue weighted by atomic mass is 32.1. The van der Waals surface area contributed by atoms with Crippen molar-refractivity contribution in [1.82, 2.24) is 15.3 Å². The minimum atomic E-state index is 0.0813. The van der Waals surface area contributed by atoms with Crippen molar-refractivity contribution in [3.05, 3.63) is 45.2 Å². The third-order valence-corrected chi connectivity index (χ3v) is 4.61. The SMILES string of the molecule is CCc1nc(C(NCCOC)c2cnccc2C)sc1C. The summed E-state index contributed by atoms with van der Waals surface area (Å²) in [6, 6.07) is 2.12. The molecular weight excluding hydrogens is 282 g/mol. The molecule has 114 valence electrons. The zero-order chi connectivity index (χ0) is 15.2. The maximum absolute atomic E-state index is 5.15. The van der Waals surface area contributed by atoms with Gasteiger partial charge in [-0.15, -0.1) is 11.3 Å². The Bertz CT molecular complexity index is 583. The van der Waals surface area contributed by atoms with E-state index in [1.54, 1.807) is 18.4 Å². The fourth-order valence-electron chi connectivity index (χ4n) is 2.32. The van der Waals surface area contributed by atoms with Gasteiger partial charge in [-0.3, -0.25) is 4.98 Å². The summed E-state index contributed by atoms with van der Waals surface area (Å²) in [6.07, 6.45) is 4.73. The molecule has 1 atom stereocenters. The van der Waals surface area contributed by atoms with E-state index in [4.69, 9.17) is 9.72 Å². The van der Waals surface area contributed by atoms with Crippen molar-refractivity contribution < 1.29 is 4.74 Å². The summed E-state index contributed by atoms with van der Waals surface area (Å²) in [6.45, 7) is 7.87. The van der Waals surface area contributed by atoms with Gasteiger partial charge in [0.1, 0.15) is 5.01 Å². The van der Waals surface area contributed by atoms with Crippen LogP contribution in [0.15, 0.2) is 18.5 Å². The number of hydrogen-bond donors (Lipinski definition) is 1. The number of nitrogens with one attached hydrogen (secondary N) is 1. The van der Waals surface area contributed by atoms with Crippen molar-refractivity contribution in [3.8, 4) is 0 Å². The van der Waals surface area contributed by atoms with Gasteiger partial charge >= 0.3 is 0 Å². The van der Waals surface area contributed by atoms with Crippen molar-refractivity contribution in [2.45, 2.75) is 33.2 Å². The van der Waals surface area contributed by atoms with Crippen LogP contribution in [0, 0.1) is 13.8 Å². The highest BCUT2D eigenvalue weighted by Crippen LogP contribution is 2.29. The Morgan fingerprint density at radius 2 is 2.19 bits per heavy atom. The van der Waals surface area contributed by atoms with Crippen LogP contribution in [-0.4, -0.2) is 30.2 Å². The Kier molecular flexibility index (Phi) is 5.85. The summed E-state index contributed by atoms with van der Waals surface area (Å²) in [4.78, 5) is 10.4. The van der Waals surface area contributed by atoms with Gasteiger partial charge in [-0.05, 0) is 37.5 Å². The molecule has 2 rings (SSSR count). The van der Waals surface area contributed by atoms with Gasteiger partial charge in [0.2, 0.25) is 0 Å². The fourth-order valence-corrected chi connectivity index (χ4v) is 3.42. The molecule has 0 aliphatic carbocycles. The predicted molar refractivity (Wildman–Crippen MR) is 86.9 cm³/mol. The van der Waals surface area contributed by atoms with E-state index in [0.29, 0.717) is 6.61 Å². The monoisotopic (exact) mass is 305 g/mol. The van der Waals surface area contributed by atoms with E-state index >= 15 is 0 Å². The maximum Gasteiger partial charge on any atom is 0.115 e. The quantitative estimate of drug-likeness (QED) is 0.799. The summed E-state index contributed by atoms with van der Waals surface area (Å²) < 4.78 is 5.15. The topological polar surface area (TPSA) is 47.0 Å². The Balaban J connectivity index is 2.33. The number of nitrogens with zero attached hydrogens (tertiary/aromatic N) is 2. The normalized spacial score (nSPS) is 12.6. The largest absolute Gasteiger partial charge is 0.383 e. The molecule has 0 aliphatic rings. The second-order valence-electron chi connectivity index (χ2n) is 5.02. The molecule has 0 saturated carbocycles. The van der Waals surface area contributed by atoms with E-state index < -0.39 is 0 Å². The lowest BCUT2D eigenvalue weighted by atomic mass is 10.0. The Morgan fingerprint density at radius 1 is 1.38 bits per heavy atom. The van der Waals surface area contributed by atoms with Crippen molar-refractivity contribution >= 4 is 11.3 Å². The van der Waals surface area contributed by atoms with Gasteiger partial charge in [-0.1, -0.05) is 6.92 Å². The average Bonchev–Trinajstić information content (AvgIpc) is 2.86. The van der Waals surface area contributed by atoms with Gasteiger partial charge in [0, 0.05) is 30.9 Å². The molecule has 2 aromatic rings. The first kappa shape index (κ1) is 16.1. The first-order valence-corrected chi connectivity index (χ1v) is 8.08. The molecule has 0 radical (unpaired) electrons. The van der Waals surface area contributed by atoms with Gasteiger partial charge in [-0.25, -0.2) is 4.98 Å². The van der Waals surface area contributed by atoms with Crippen molar-refractivity contribution in [1.29, 1.82) is 0 Å². The van der Waals surface area contributed by atoms with Crippen LogP contribution in [0.4, 0.5) is 0 Å². The molecule has 4 nitrogen and oxygen atoms in total. The molecule has 2 heterocycles. The molecule has 5 heteroatoms. The molecule has 2 aromatic heterocycles.